The molecule has 0 spiro atoms. The maximum absolute atomic E-state index is 10.2. The summed E-state index contributed by atoms with van der Waals surface area (Å²) in [6.07, 6.45) is 4.84. The van der Waals surface area contributed by atoms with E-state index in [0.717, 1.165) is 23.3 Å². The zero-order chi connectivity index (χ0) is 13.7. The van der Waals surface area contributed by atoms with Gasteiger partial charge in [-0.2, -0.15) is 5.10 Å². The van der Waals surface area contributed by atoms with E-state index in [4.69, 9.17) is 4.74 Å². The third-order valence-electron chi connectivity index (χ3n) is 3.02. The van der Waals surface area contributed by atoms with Gasteiger partial charge in [0.25, 0.3) is 0 Å². The van der Waals surface area contributed by atoms with Crippen molar-refractivity contribution in [3.05, 3.63) is 47.8 Å². The molecule has 4 nitrogen and oxygen atoms in total. The van der Waals surface area contributed by atoms with Gasteiger partial charge in [0, 0.05) is 13.2 Å². The van der Waals surface area contributed by atoms with Crippen LogP contribution in [0.25, 0.3) is 0 Å². The van der Waals surface area contributed by atoms with Gasteiger partial charge in [0.05, 0.1) is 18.9 Å². The van der Waals surface area contributed by atoms with Gasteiger partial charge < -0.3 is 9.84 Å². The summed E-state index contributed by atoms with van der Waals surface area (Å²) < 4.78 is 7.21. The standard InChI is InChI=1S/C15H20N2O2/c1-3-19-14-6-4-5-13(9-14)15(18)8-7-12-10-16-17(2)11-12/h4-6,9-11,15,18H,3,7-8H2,1-2H3. The van der Waals surface area contributed by atoms with Gasteiger partial charge in [-0.3, -0.25) is 4.68 Å². The summed E-state index contributed by atoms with van der Waals surface area (Å²) in [5.74, 6) is 0.806. The fraction of sp³-hybridized carbons (Fsp3) is 0.400. The Morgan fingerprint density at radius 2 is 2.26 bits per heavy atom. The van der Waals surface area contributed by atoms with Crippen molar-refractivity contribution >= 4 is 0 Å². The second kappa shape index (κ2) is 6.38. The number of aromatic nitrogens is 2. The van der Waals surface area contributed by atoms with Crippen LogP contribution >= 0.6 is 0 Å². The van der Waals surface area contributed by atoms with Crippen LogP contribution in [0.2, 0.25) is 0 Å². The Kier molecular flexibility index (Phi) is 4.58. The highest BCUT2D eigenvalue weighted by Crippen LogP contribution is 2.23. The monoisotopic (exact) mass is 260 g/mol. The first-order chi connectivity index (χ1) is 9.19. The van der Waals surface area contributed by atoms with Crippen molar-refractivity contribution in [2.75, 3.05) is 6.61 Å². The number of nitrogens with zero attached hydrogens (tertiary/aromatic N) is 2. The van der Waals surface area contributed by atoms with Gasteiger partial charge in [-0.1, -0.05) is 12.1 Å². The lowest BCUT2D eigenvalue weighted by Crippen LogP contribution is -2.00. The fourth-order valence-electron chi connectivity index (χ4n) is 2.05. The molecular formula is C15H20N2O2. The Hall–Kier alpha value is -1.81. The molecule has 0 fully saturated rings. The summed E-state index contributed by atoms with van der Waals surface area (Å²) in [5.41, 5.74) is 2.04. The predicted octanol–water partition coefficient (Wildman–Crippen LogP) is 2.49. The summed E-state index contributed by atoms with van der Waals surface area (Å²) in [6, 6.07) is 7.64. The van der Waals surface area contributed by atoms with Crippen LogP contribution in [0.4, 0.5) is 0 Å². The first-order valence-electron chi connectivity index (χ1n) is 6.57. The number of rotatable bonds is 6. The van der Waals surface area contributed by atoms with Crippen LogP contribution in [-0.4, -0.2) is 21.5 Å². The number of aliphatic hydroxyl groups is 1. The molecule has 0 radical (unpaired) electrons. The minimum atomic E-state index is -0.472. The highest BCUT2D eigenvalue weighted by Gasteiger charge is 2.09. The van der Waals surface area contributed by atoms with E-state index in [1.54, 1.807) is 4.68 Å². The van der Waals surface area contributed by atoms with Gasteiger partial charge in [0.2, 0.25) is 0 Å². The van der Waals surface area contributed by atoms with Crippen molar-refractivity contribution in [3.8, 4) is 5.75 Å². The highest BCUT2D eigenvalue weighted by atomic mass is 16.5. The molecule has 0 bridgehead atoms. The van der Waals surface area contributed by atoms with Gasteiger partial charge in [0.15, 0.2) is 0 Å². The highest BCUT2D eigenvalue weighted by molar-refractivity contribution is 5.30. The molecule has 0 aliphatic heterocycles. The van der Waals surface area contributed by atoms with Crippen molar-refractivity contribution in [2.45, 2.75) is 25.9 Å². The molecular weight excluding hydrogens is 240 g/mol. The lowest BCUT2D eigenvalue weighted by molar-refractivity contribution is 0.167. The van der Waals surface area contributed by atoms with Crippen molar-refractivity contribution in [1.29, 1.82) is 0 Å². The molecule has 0 aliphatic carbocycles. The molecule has 2 aromatic rings. The number of hydrogen-bond acceptors (Lipinski definition) is 3. The molecule has 1 aromatic heterocycles. The molecule has 1 N–H and O–H groups in total. The van der Waals surface area contributed by atoms with E-state index in [2.05, 4.69) is 5.10 Å². The van der Waals surface area contributed by atoms with E-state index in [1.807, 2.05) is 50.6 Å². The quantitative estimate of drug-likeness (QED) is 0.868. The van der Waals surface area contributed by atoms with Gasteiger partial charge in [0.1, 0.15) is 5.75 Å². The summed E-state index contributed by atoms with van der Waals surface area (Å²) in [7, 11) is 1.89. The van der Waals surface area contributed by atoms with E-state index in [1.165, 1.54) is 0 Å². The average molecular weight is 260 g/mol. The van der Waals surface area contributed by atoms with E-state index >= 15 is 0 Å². The number of aliphatic hydroxyl groups excluding tert-OH is 1. The molecule has 0 amide bonds. The SMILES string of the molecule is CCOc1cccc(C(O)CCc2cnn(C)c2)c1. The van der Waals surface area contributed by atoms with Crippen molar-refractivity contribution in [2.24, 2.45) is 7.05 Å². The van der Waals surface area contributed by atoms with Gasteiger partial charge in [-0.05, 0) is 43.0 Å². The molecule has 4 heteroatoms. The molecule has 0 aliphatic rings. The maximum atomic E-state index is 10.2. The predicted molar refractivity (Wildman–Crippen MR) is 74.1 cm³/mol. The second-order valence-corrected chi connectivity index (χ2v) is 4.58. The van der Waals surface area contributed by atoms with Crippen LogP contribution in [0.15, 0.2) is 36.7 Å². The van der Waals surface area contributed by atoms with Crippen molar-refractivity contribution in [1.82, 2.24) is 9.78 Å². The van der Waals surface area contributed by atoms with Crippen LogP contribution in [-0.2, 0) is 13.5 Å². The van der Waals surface area contributed by atoms with E-state index in [9.17, 15) is 5.11 Å². The summed E-state index contributed by atoms with van der Waals surface area (Å²) in [4.78, 5) is 0. The van der Waals surface area contributed by atoms with Crippen LogP contribution < -0.4 is 4.74 Å². The Morgan fingerprint density at radius 1 is 1.42 bits per heavy atom. The lowest BCUT2D eigenvalue weighted by atomic mass is 10.0. The Balaban J connectivity index is 1.95. The number of ether oxygens (including phenoxy) is 1. The summed E-state index contributed by atoms with van der Waals surface area (Å²) >= 11 is 0. The van der Waals surface area contributed by atoms with Crippen LogP contribution in [0.5, 0.6) is 5.75 Å². The molecule has 0 saturated carbocycles. The van der Waals surface area contributed by atoms with E-state index < -0.39 is 6.10 Å². The van der Waals surface area contributed by atoms with Crippen LogP contribution in [0, 0.1) is 0 Å². The Bertz CT molecular complexity index is 522. The number of hydrogen-bond donors (Lipinski definition) is 1. The second-order valence-electron chi connectivity index (χ2n) is 4.58. The minimum absolute atomic E-state index is 0.472. The van der Waals surface area contributed by atoms with E-state index in [-0.39, 0.29) is 0 Å². The molecule has 19 heavy (non-hydrogen) atoms. The van der Waals surface area contributed by atoms with Crippen LogP contribution in [0.1, 0.15) is 30.6 Å². The minimum Gasteiger partial charge on any atom is -0.494 e. The zero-order valence-corrected chi connectivity index (χ0v) is 11.4. The molecule has 102 valence electrons. The first-order valence-corrected chi connectivity index (χ1v) is 6.57. The molecule has 0 saturated heterocycles. The molecule has 2 rings (SSSR count). The summed E-state index contributed by atoms with van der Waals surface area (Å²) in [5, 5.41) is 14.3. The largest absolute Gasteiger partial charge is 0.494 e. The van der Waals surface area contributed by atoms with Gasteiger partial charge >= 0.3 is 0 Å². The number of aryl methyl sites for hydroxylation is 2. The molecule has 1 unspecified atom stereocenters. The Labute approximate surface area is 113 Å². The topological polar surface area (TPSA) is 47.3 Å². The van der Waals surface area contributed by atoms with Crippen molar-refractivity contribution in [3.63, 3.8) is 0 Å². The Morgan fingerprint density at radius 3 is 2.95 bits per heavy atom. The third kappa shape index (κ3) is 3.83. The average Bonchev–Trinajstić information content (AvgIpc) is 2.82. The zero-order valence-electron chi connectivity index (χ0n) is 11.4. The molecule has 1 aromatic carbocycles. The molecule has 1 heterocycles. The van der Waals surface area contributed by atoms with Crippen molar-refractivity contribution < 1.29 is 9.84 Å². The third-order valence-corrected chi connectivity index (χ3v) is 3.02. The lowest BCUT2D eigenvalue weighted by Gasteiger charge is -2.12. The fourth-order valence-corrected chi connectivity index (χ4v) is 2.05. The van der Waals surface area contributed by atoms with Crippen LogP contribution in [0.3, 0.4) is 0 Å². The molecule has 1 atom stereocenters. The normalized spacial score (nSPS) is 12.4. The first kappa shape index (κ1) is 13.6. The smallest absolute Gasteiger partial charge is 0.119 e. The van der Waals surface area contributed by atoms with Gasteiger partial charge in [-0.25, -0.2) is 0 Å². The number of benzene rings is 1. The maximum Gasteiger partial charge on any atom is 0.119 e. The summed E-state index contributed by atoms with van der Waals surface area (Å²) in [6.45, 7) is 2.58. The van der Waals surface area contributed by atoms with E-state index in [0.29, 0.717) is 13.0 Å². The van der Waals surface area contributed by atoms with Gasteiger partial charge in [-0.15, -0.1) is 0 Å².